The molecule has 1 aliphatic carbocycles. The van der Waals surface area contributed by atoms with E-state index in [0.29, 0.717) is 12.5 Å². The zero-order chi connectivity index (χ0) is 12.7. The summed E-state index contributed by atoms with van der Waals surface area (Å²) in [4.78, 5) is 0. The van der Waals surface area contributed by atoms with E-state index in [0.717, 1.165) is 18.9 Å². The maximum Gasteiger partial charge on any atom is 0.0616 e. The Labute approximate surface area is 111 Å². The van der Waals surface area contributed by atoms with E-state index in [1.165, 1.54) is 30.8 Å². The van der Waals surface area contributed by atoms with E-state index in [2.05, 4.69) is 37.8 Å². The van der Waals surface area contributed by atoms with Crippen LogP contribution in [0, 0.1) is 11.8 Å². The first-order chi connectivity index (χ1) is 8.14. The fourth-order valence-electron chi connectivity index (χ4n) is 2.96. The van der Waals surface area contributed by atoms with Gasteiger partial charge in [0.05, 0.1) is 6.61 Å². The number of nitrogens with one attached hydrogen (secondary N) is 1. The highest BCUT2D eigenvalue weighted by molar-refractivity contribution is 7.99. The third kappa shape index (κ3) is 4.46. The van der Waals surface area contributed by atoms with E-state index in [1.807, 2.05) is 0 Å². The highest BCUT2D eigenvalue weighted by Crippen LogP contribution is 2.38. The molecule has 0 amide bonds. The molecule has 0 spiro atoms. The Balaban J connectivity index is 2.35. The molecule has 0 aromatic carbocycles. The summed E-state index contributed by atoms with van der Waals surface area (Å²) in [5.41, 5.74) is 0.0349. The summed E-state index contributed by atoms with van der Waals surface area (Å²) < 4.78 is 0. The zero-order valence-corrected chi connectivity index (χ0v) is 12.5. The average Bonchev–Trinajstić information content (AvgIpc) is 2.68. The van der Waals surface area contributed by atoms with Gasteiger partial charge in [0.2, 0.25) is 0 Å². The van der Waals surface area contributed by atoms with Gasteiger partial charge in [0.25, 0.3) is 0 Å². The Morgan fingerprint density at radius 3 is 2.82 bits per heavy atom. The van der Waals surface area contributed by atoms with Gasteiger partial charge in [0, 0.05) is 5.54 Å². The van der Waals surface area contributed by atoms with Crippen LogP contribution in [0.3, 0.4) is 0 Å². The van der Waals surface area contributed by atoms with Gasteiger partial charge in [-0.3, -0.25) is 0 Å². The summed E-state index contributed by atoms with van der Waals surface area (Å²) in [5, 5.41) is 13.2. The van der Waals surface area contributed by atoms with E-state index in [-0.39, 0.29) is 5.54 Å². The van der Waals surface area contributed by atoms with Crippen molar-refractivity contribution in [3.05, 3.63) is 0 Å². The topological polar surface area (TPSA) is 32.3 Å². The van der Waals surface area contributed by atoms with Crippen molar-refractivity contribution in [2.24, 2.45) is 11.8 Å². The van der Waals surface area contributed by atoms with Gasteiger partial charge in [-0.2, -0.15) is 11.8 Å². The van der Waals surface area contributed by atoms with Gasteiger partial charge < -0.3 is 10.4 Å². The minimum absolute atomic E-state index is 0.0349. The molecule has 2 nitrogen and oxygen atoms in total. The van der Waals surface area contributed by atoms with Crippen molar-refractivity contribution in [1.29, 1.82) is 0 Å². The number of likely N-dealkylation sites (N-methyl/N-ethyl adjacent to an activating group) is 1. The van der Waals surface area contributed by atoms with Crippen LogP contribution in [-0.4, -0.2) is 35.3 Å². The van der Waals surface area contributed by atoms with Gasteiger partial charge in [-0.1, -0.05) is 27.2 Å². The standard InChI is InChI=1S/C14H29NOS/c1-4-15-14(11-16)8-5-6-13(14)7-9-17-10-12(2)3/h12-13,15-16H,4-11H2,1-3H3. The monoisotopic (exact) mass is 259 g/mol. The largest absolute Gasteiger partial charge is 0.394 e. The predicted molar refractivity (Wildman–Crippen MR) is 77.6 cm³/mol. The predicted octanol–water partition coefficient (Wildman–Crippen LogP) is 2.91. The first-order valence-corrected chi connectivity index (χ1v) is 8.23. The summed E-state index contributed by atoms with van der Waals surface area (Å²) in [6, 6.07) is 0. The number of hydrogen-bond acceptors (Lipinski definition) is 3. The average molecular weight is 259 g/mol. The van der Waals surface area contributed by atoms with Gasteiger partial charge >= 0.3 is 0 Å². The minimum Gasteiger partial charge on any atom is -0.394 e. The van der Waals surface area contributed by atoms with Crippen LogP contribution in [-0.2, 0) is 0 Å². The van der Waals surface area contributed by atoms with Crippen LogP contribution in [0.15, 0.2) is 0 Å². The molecule has 0 heterocycles. The van der Waals surface area contributed by atoms with Crippen LogP contribution in [0.4, 0.5) is 0 Å². The third-order valence-corrected chi connectivity index (χ3v) is 5.26. The second-order valence-electron chi connectivity index (χ2n) is 5.69. The van der Waals surface area contributed by atoms with Gasteiger partial charge in [0.15, 0.2) is 0 Å². The smallest absolute Gasteiger partial charge is 0.0616 e. The molecule has 2 atom stereocenters. The van der Waals surface area contributed by atoms with Crippen LogP contribution in [0.5, 0.6) is 0 Å². The molecule has 2 N–H and O–H groups in total. The van der Waals surface area contributed by atoms with E-state index < -0.39 is 0 Å². The van der Waals surface area contributed by atoms with Gasteiger partial charge in [-0.15, -0.1) is 0 Å². The lowest BCUT2D eigenvalue weighted by molar-refractivity contribution is 0.124. The van der Waals surface area contributed by atoms with Crippen molar-refractivity contribution < 1.29 is 5.11 Å². The first-order valence-electron chi connectivity index (χ1n) is 7.08. The Morgan fingerprint density at radius 1 is 1.47 bits per heavy atom. The number of rotatable bonds is 8. The van der Waals surface area contributed by atoms with Crippen LogP contribution in [0.25, 0.3) is 0 Å². The van der Waals surface area contributed by atoms with Crippen molar-refractivity contribution in [2.45, 2.75) is 52.0 Å². The highest BCUT2D eigenvalue weighted by Gasteiger charge is 2.40. The lowest BCUT2D eigenvalue weighted by atomic mass is 9.86. The molecule has 1 fully saturated rings. The van der Waals surface area contributed by atoms with E-state index in [9.17, 15) is 5.11 Å². The maximum absolute atomic E-state index is 9.69. The molecule has 102 valence electrons. The van der Waals surface area contributed by atoms with Gasteiger partial charge in [-0.05, 0) is 49.1 Å². The molecule has 0 saturated heterocycles. The number of aliphatic hydroxyl groups is 1. The van der Waals surface area contributed by atoms with Crippen LogP contribution in [0.2, 0.25) is 0 Å². The number of thioether (sulfide) groups is 1. The normalized spacial score (nSPS) is 29.1. The third-order valence-electron chi connectivity index (χ3n) is 3.83. The minimum atomic E-state index is 0.0349. The second kappa shape index (κ2) is 7.65. The molecule has 0 bridgehead atoms. The van der Waals surface area contributed by atoms with Crippen LogP contribution < -0.4 is 5.32 Å². The highest BCUT2D eigenvalue weighted by atomic mass is 32.2. The summed E-state index contributed by atoms with van der Waals surface area (Å²) in [5.74, 6) is 3.97. The number of aliphatic hydroxyl groups excluding tert-OH is 1. The molecule has 2 unspecified atom stereocenters. The van der Waals surface area contributed by atoms with Crippen LogP contribution in [0.1, 0.15) is 46.5 Å². The fraction of sp³-hybridized carbons (Fsp3) is 1.00. The summed E-state index contributed by atoms with van der Waals surface area (Å²) in [6.07, 6.45) is 4.96. The maximum atomic E-state index is 9.69. The van der Waals surface area contributed by atoms with Crippen molar-refractivity contribution in [3.8, 4) is 0 Å². The molecule has 0 aromatic heterocycles. The van der Waals surface area contributed by atoms with E-state index in [4.69, 9.17) is 0 Å². The Kier molecular flexibility index (Phi) is 6.90. The SMILES string of the molecule is CCNC1(CO)CCCC1CCSCC(C)C. The summed E-state index contributed by atoms with van der Waals surface area (Å²) in [6.45, 7) is 7.97. The summed E-state index contributed by atoms with van der Waals surface area (Å²) >= 11 is 2.07. The first kappa shape index (κ1) is 15.3. The van der Waals surface area contributed by atoms with E-state index >= 15 is 0 Å². The van der Waals surface area contributed by atoms with Gasteiger partial charge in [-0.25, -0.2) is 0 Å². The second-order valence-corrected chi connectivity index (χ2v) is 6.84. The molecule has 1 aliphatic rings. The van der Waals surface area contributed by atoms with Gasteiger partial charge in [0.1, 0.15) is 0 Å². The Morgan fingerprint density at radius 2 is 2.24 bits per heavy atom. The fourth-order valence-corrected chi connectivity index (χ4v) is 4.05. The summed E-state index contributed by atoms with van der Waals surface area (Å²) in [7, 11) is 0. The molecule has 1 saturated carbocycles. The number of hydrogen-bond donors (Lipinski definition) is 2. The molecule has 0 radical (unpaired) electrons. The lowest BCUT2D eigenvalue weighted by Gasteiger charge is -2.35. The molecular formula is C14H29NOS. The molecule has 1 rings (SSSR count). The molecular weight excluding hydrogens is 230 g/mol. The van der Waals surface area contributed by atoms with Crippen molar-refractivity contribution >= 4 is 11.8 Å². The zero-order valence-electron chi connectivity index (χ0n) is 11.7. The Hall–Kier alpha value is 0.270. The van der Waals surface area contributed by atoms with Crippen molar-refractivity contribution in [1.82, 2.24) is 5.32 Å². The van der Waals surface area contributed by atoms with Crippen LogP contribution >= 0.6 is 11.8 Å². The quantitative estimate of drug-likeness (QED) is 0.657. The molecule has 0 aromatic rings. The van der Waals surface area contributed by atoms with E-state index in [1.54, 1.807) is 0 Å². The molecule has 0 aliphatic heterocycles. The van der Waals surface area contributed by atoms with Crippen molar-refractivity contribution in [2.75, 3.05) is 24.7 Å². The lowest BCUT2D eigenvalue weighted by Crippen LogP contribution is -2.51. The van der Waals surface area contributed by atoms with Crippen molar-refractivity contribution in [3.63, 3.8) is 0 Å². The molecule has 3 heteroatoms. The Bertz CT molecular complexity index is 210. The molecule has 17 heavy (non-hydrogen) atoms.